The summed E-state index contributed by atoms with van der Waals surface area (Å²) < 4.78 is 12.7. The standard InChI is InChI=1S/C25H27N5O4/c1-14-11-27-24(25(5,6)32)29-22(14)20-10-19(7-8-26-20)30-15(2)9-21(16(3)23(30)31)34-13-18-12-33-17(4)28-18/h7-12,32H,13H2,1-6H3. The van der Waals surface area contributed by atoms with Gasteiger partial charge in [-0.25, -0.2) is 15.0 Å². The first kappa shape index (κ1) is 23.3. The molecule has 0 unspecified atom stereocenters. The fraction of sp³-hybridized carbons (Fsp3) is 0.320. The minimum Gasteiger partial charge on any atom is -0.487 e. The maximum Gasteiger partial charge on any atom is 0.261 e. The number of pyridine rings is 2. The Morgan fingerprint density at radius 2 is 1.88 bits per heavy atom. The largest absolute Gasteiger partial charge is 0.487 e. The third kappa shape index (κ3) is 4.60. The highest BCUT2D eigenvalue weighted by molar-refractivity contribution is 5.61. The molecule has 4 aromatic heterocycles. The molecule has 176 valence electrons. The van der Waals surface area contributed by atoms with Crippen molar-refractivity contribution in [2.45, 2.75) is 53.8 Å². The molecule has 0 saturated carbocycles. The average Bonchev–Trinajstić information content (AvgIpc) is 3.20. The normalized spacial score (nSPS) is 11.6. The Balaban J connectivity index is 1.72. The molecule has 0 aliphatic rings. The van der Waals surface area contributed by atoms with Crippen LogP contribution in [0, 0.1) is 27.7 Å². The molecule has 0 aromatic carbocycles. The summed E-state index contributed by atoms with van der Waals surface area (Å²) in [5.74, 6) is 1.35. The predicted molar refractivity (Wildman–Crippen MR) is 126 cm³/mol. The number of ether oxygens (including phenoxy) is 1. The van der Waals surface area contributed by atoms with Gasteiger partial charge in [0.25, 0.3) is 5.56 Å². The van der Waals surface area contributed by atoms with Gasteiger partial charge in [-0.3, -0.25) is 14.3 Å². The van der Waals surface area contributed by atoms with E-state index >= 15 is 0 Å². The molecule has 0 fully saturated rings. The van der Waals surface area contributed by atoms with E-state index < -0.39 is 5.60 Å². The maximum absolute atomic E-state index is 13.3. The van der Waals surface area contributed by atoms with E-state index in [2.05, 4.69) is 19.9 Å². The Morgan fingerprint density at radius 1 is 1.12 bits per heavy atom. The first-order valence-electron chi connectivity index (χ1n) is 10.8. The molecule has 34 heavy (non-hydrogen) atoms. The lowest BCUT2D eigenvalue weighted by Crippen LogP contribution is -2.24. The Morgan fingerprint density at radius 3 is 2.56 bits per heavy atom. The zero-order valence-corrected chi connectivity index (χ0v) is 20.1. The van der Waals surface area contributed by atoms with Crippen LogP contribution >= 0.6 is 0 Å². The number of aliphatic hydroxyl groups is 1. The second-order valence-corrected chi connectivity index (χ2v) is 8.75. The van der Waals surface area contributed by atoms with Gasteiger partial charge in [0, 0.05) is 31.1 Å². The van der Waals surface area contributed by atoms with Crippen LogP contribution in [0.25, 0.3) is 17.1 Å². The second-order valence-electron chi connectivity index (χ2n) is 8.75. The Labute approximate surface area is 197 Å². The summed E-state index contributed by atoms with van der Waals surface area (Å²) in [6.07, 6.45) is 4.83. The van der Waals surface area contributed by atoms with Crippen molar-refractivity contribution in [1.82, 2.24) is 24.5 Å². The summed E-state index contributed by atoms with van der Waals surface area (Å²) in [7, 11) is 0. The summed E-state index contributed by atoms with van der Waals surface area (Å²) >= 11 is 0. The summed E-state index contributed by atoms with van der Waals surface area (Å²) in [6.45, 7) is 10.7. The smallest absolute Gasteiger partial charge is 0.261 e. The molecule has 9 nitrogen and oxygen atoms in total. The molecule has 4 aromatic rings. The number of oxazole rings is 1. The van der Waals surface area contributed by atoms with E-state index in [4.69, 9.17) is 9.15 Å². The molecule has 0 aliphatic carbocycles. The molecule has 0 amide bonds. The predicted octanol–water partition coefficient (Wildman–Crippen LogP) is 3.72. The highest BCUT2D eigenvalue weighted by Gasteiger charge is 2.22. The molecule has 0 saturated heterocycles. The molecule has 0 spiro atoms. The monoisotopic (exact) mass is 461 g/mol. The van der Waals surface area contributed by atoms with E-state index in [1.165, 1.54) is 6.26 Å². The topological polar surface area (TPSA) is 116 Å². The van der Waals surface area contributed by atoms with Gasteiger partial charge in [0.1, 0.15) is 29.9 Å². The summed E-state index contributed by atoms with van der Waals surface area (Å²) in [4.78, 5) is 30.7. The van der Waals surface area contributed by atoms with Crippen molar-refractivity contribution in [3.8, 4) is 22.8 Å². The van der Waals surface area contributed by atoms with E-state index in [0.29, 0.717) is 51.5 Å². The average molecular weight is 462 g/mol. The molecular weight excluding hydrogens is 434 g/mol. The van der Waals surface area contributed by atoms with Crippen LogP contribution < -0.4 is 10.3 Å². The first-order valence-corrected chi connectivity index (χ1v) is 10.8. The molecule has 0 aliphatic heterocycles. The lowest BCUT2D eigenvalue weighted by atomic mass is 10.1. The van der Waals surface area contributed by atoms with Crippen LogP contribution in [0.1, 0.15) is 48.1 Å². The minimum atomic E-state index is -1.19. The number of rotatable bonds is 6. The minimum absolute atomic E-state index is 0.194. The fourth-order valence-corrected chi connectivity index (χ4v) is 3.58. The van der Waals surface area contributed by atoms with Gasteiger partial charge in [0.15, 0.2) is 11.7 Å². The van der Waals surface area contributed by atoms with Crippen LogP contribution in [0.5, 0.6) is 5.75 Å². The van der Waals surface area contributed by atoms with Gasteiger partial charge in [-0.2, -0.15) is 0 Å². The third-order valence-electron chi connectivity index (χ3n) is 5.39. The van der Waals surface area contributed by atoms with Gasteiger partial charge in [-0.1, -0.05) is 0 Å². The van der Waals surface area contributed by atoms with E-state index in [-0.39, 0.29) is 12.2 Å². The molecule has 0 bridgehead atoms. The zero-order chi connectivity index (χ0) is 24.6. The van der Waals surface area contributed by atoms with Gasteiger partial charge in [0.2, 0.25) is 0 Å². The van der Waals surface area contributed by atoms with Gasteiger partial charge in [-0.15, -0.1) is 0 Å². The van der Waals surface area contributed by atoms with Crippen LogP contribution in [0.2, 0.25) is 0 Å². The second kappa shape index (κ2) is 8.83. The zero-order valence-electron chi connectivity index (χ0n) is 20.1. The van der Waals surface area contributed by atoms with Crippen LogP contribution in [-0.4, -0.2) is 29.6 Å². The summed E-state index contributed by atoms with van der Waals surface area (Å²) in [6, 6.07) is 5.39. The van der Waals surface area contributed by atoms with Crippen LogP contribution in [-0.2, 0) is 12.2 Å². The SMILES string of the molecule is Cc1nc(COc2cc(C)n(-c3ccnc(-c4nc(C(C)(C)O)ncc4C)c3)c(=O)c2C)co1. The molecular formula is C25H27N5O4. The highest BCUT2D eigenvalue weighted by atomic mass is 16.5. The number of nitrogens with zero attached hydrogens (tertiary/aromatic N) is 5. The van der Waals surface area contributed by atoms with Crippen LogP contribution in [0.3, 0.4) is 0 Å². The summed E-state index contributed by atoms with van der Waals surface area (Å²) in [5.41, 5.74) is 3.09. The number of hydrogen-bond acceptors (Lipinski definition) is 8. The molecule has 0 atom stereocenters. The van der Waals surface area contributed by atoms with Gasteiger partial charge >= 0.3 is 0 Å². The lowest BCUT2D eigenvalue weighted by molar-refractivity contribution is 0.0688. The van der Waals surface area contributed by atoms with E-state index in [9.17, 15) is 9.90 Å². The number of aromatic nitrogens is 5. The maximum atomic E-state index is 13.3. The Hall–Kier alpha value is -3.85. The third-order valence-corrected chi connectivity index (χ3v) is 5.39. The van der Waals surface area contributed by atoms with Crippen LogP contribution in [0.4, 0.5) is 0 Å². The Kier molecular flexibility index (Phi) is 6.05. The molecule has 4 heterocycles. The van der Waals surface area contributed by atoms with Crippen molar-refractivity contribution in [3.63, 3.8) is 0 Å². The summed E-state index contributed by atoms with van der Waals surface area (Å²) in [5, 5.41) is 10.3. The van der Waals surface area contributed by atoms with Gasteiger partial charge < -0.3 is 14.3 Å². The first-order chi connectivity index (χ1) is 16.0. The van der Waals surface area contributed by atoms with E-state index in [1.54, 1.807) is 56.8 Å². The van der Waals surface area contributed by atoms with Crippen molar-refractivity contribution < 1.29 is 14.3 Å². The van der Waals surface area contributed by atoms with Crippen molar-refractivity contribution in [3.05, 3.63) is 81.4 Å². The molecule has 4 rings (SSSR count). The van der Waals surface area contributed by atoms with E-state index in [0.717, 1.165) is 5.56 Å². The van der Waals surface area contributed by atoms with E-state index in [1.807, 2.05) is 19.9 Å². The van der Waals surface area contributed by atoms with Gasteiger partial charge in [0.05, 0.1) is 22.6 Å². The van der Waals surface area contributed by atoms with Gasteiger partial charge in [-0.05, 0) is 52.3 Å². The molecule has 9 heteroatoms. The van der Waals surface area contributed by atoms with Crippen molar-refractivity contribution in [2.24, 2.45) is 0 Å². The fourth-order valence-electron chi connectivity index (χ4n) is 3.58. The van der Waals surface area contributed by atoms with Crippen molar-refractivity contribution >= 4 is 0 Å². The van der Waals surface area contributed by atoms with Crippen molar-refractivity contribution in [2.75, 3.05) is 0 Å². The quantitative estimate of drug-likeness (QED) is 0.462. The molecule has 1 N–H and O–H groups in total. The highest BCUT2D eigenvalue weighted by Crippen LogP contribution is 2.25. The number of hydrogen-bond donors (Lipinski definition) is 1. The molecule has 0 radical (unpaired) electrons. The number of aryl methyl sites for hydroxylation is 3. The Bertz CT molecular complexity index is 1420. The van der Waals surface area contributed by atoms with Crippen LogP contribution in [0.15, 0.2) is 46.1 Å². The lowest BCUT2D eigenvalue weighted by Gasteiger charge is -2.18. The van der Waals surface area contributed by atoms with Crippen molar-refractivity contribution in [1.29, 1.82) is 0 Å².